The van der Waals surface area contributed by atoms with Crippen molar-refractivity contribution >= 4 is 28.6 Å². The SMILES string of the molecule is O=[N+]([O-])c1ccc(OC2CCC(OCC(=S)N3CCN(c4ccc(C(F)(F)F)nc4)CC3)CC2)cc1C(F)(F)F. The third kappa shape index (κ3) is 7.50. The lowest BCUT2D eigenvalue weighted by atomic mass is 9.95. The summed E-state index contributed by atoms with van der Waals surface area (Å²) in [5, 5.41) is 10.9. The van der Waals surface area contributed by atoms with Crippen LogP contribution >= 0.6 is 12.2 Å². The Morgan fingerprint density at radius 3 is 2.17 bits per heavy atom. The largest absolute Gasteiger partial charge is 0.490 e. The molecule has 0 atom stereocenters. The first-order valence-electron chi connectivity index (χ1n) is 12.5. The highest BCUT2D eigenvalue weighted by atomic mass is 32.1. The van der Waals surface area contributed by atoms with E-state index in [1.54, 1.807) is 0 Å². The van der Waals surface area contributed by atoms with Gasteiger partial charge in [0.05, 0.1) is 35.6 Å². The van der Waals surface area contributed by atoms with Gasteiger partial charge in [-0.15, -0.1) is 0 Å². The molecule has 0 N–H and O–H groups in total. The van der Waals surface area contributed by atoms with E-state index in [1.165, 1.54) is 18.3 Å². The van der Waals surface area contributed by atoms with Crippen LogP contribution in [0.3, 0.4) is 0 Å². The summed E-state index contributed by atoms with van der Waals surface area (Å²) in [6.45, 7) is 2.52. The van der Waals surface area contributed by atoms with E-state index in [1.807, 2.05) is 9.80 Å². The van der Waals surface area contributed by atoms with E-state index < -0.39 is 34.2 Å². The molecule has 0 bridgehead atoms. The summed E-state index contributed by atoms with van der Waals surface area (Å²) in [7, 11) is 0. The predicted molar refractivity (Wildman–Crippen MR) is 136 cm³/mol. The maximum atomic E-state index is 13.2. The smallest absolute Gasteiger partial charge is 0.433 e. The van der Waals surface area contributed by atoms with Gasteiger partial charge >= 0.3 is 12.4 Å². The third-order valence-electron chi connectivity index (χ3n) is 6.87. The molecule has 2 aliphatic rings. The molecule has 15 heteroatoms. The Balaban J connectivity index is 1.19. The van der Waals surface area contributed by atoms with Gasteiger partial charge in [0.1, 0.15) is 22.0 Å². The van der Waals surface area contributed by atoms with Crippen LogP contribution in [0.25, 0.3) is 0 Å². The van der Waals surface area contributed by atoms with Crippen molar-refractivity contribution in [1.82, 2.24) is 9.88 Å². The first kappa shape index (κ1) is 29.8. The number of thiocarbonyl (C=S) groups is 1. The zero-order valence-corrected chi connectivity index (χ0v) is 21.9. The van der Waals surface area contributed by atoms with Gasteiger partial charge in [-0.1, -0.05) is 12.2 Å². The molecule has 218 valence electrons. The Morgan fingerprint density at radius 1 is 0.975 bits per heavy atom. The number of halogens is 6. The van der Waals surface area contributed by atoms with Crippen LogP contribution in [0.2, 0.25) is 0 Å². The van der Waals surface area contributed by atoms with E-state index in [0.717, 1.165) is 12.1 Å². The van der Waals surface area contributed by atoms with Gasteiger partial charge < -0.3 is 19.3 Å². The zero-order chi connectivity index (χ0) is 29.1. The van der Waals surface area contributed by atoms with Crippen LogP contribution < -0.4 is 9.64 Å². The molecule has 0 spiro atoms. The molecule has 40 heavy (non-hydrogen) atoms. The Kier molecular flexibility index (Phi) is 9.02. The summed E-state index contributed by atoms with van der Waals surface area (Å²) in [5.41, 5.74) is -2.70. The Bertz CT molecular complexity index is 1200. The molecule has 1 saturated carbocycles. The van der Waals surface area contributed by atoms with E-state index in [0.29, 0.717) is 68.6 Å². The first-order valence-corrected chi connectivity index (χ1v) is 12.9. The van der Waals surface area contributed by atoms with Crippen LogP contribution in [-0.2, 0) is 17.1 Å². The van der Waals surface area contributed by atoms with Crippen LogP contribution in [0, 0.1) is 10.1 Å². The number of nitro benzene ring substituents is 1. The van der Waals surface area contributed by atoms with E-state index in [4.69, 9.17) is 21.7 Å². The standard InChI is InChI=1S/C25H26F6N4O4S/c26-24(27,28)20-13-19(6-7-21(20)35(36)37)39-18-4-2-17(3-5-18)38-15-23(40)34-11-9-33(10-12-34)16-1-8-22(32-14-16)25(29,30)31/h1,6-8,13-14,17-18H,2-5,9-12,15H2. The summed E-state index contributed by atoms with van der Waals surface area (Å²) in [6, 6.07) is 5.00. The first-order chi connectivity index (χ1) is 18.8. The lowest BCUT2D eigenvalue weighted by Gasteiger charge is -2.37. The van der Waals surface area contributed by atoms with E-state index in [-0.39, 0.29) is 24.6 Å². The van der Waals surface area contributed by atoms with Crippen molar-refractivity contribution in [3.8, 4) is 5.75 Å². The molecule has 1 aliphatic carbocycles. The molecule has 1 aromatic heterocycles. The second kappa shape index (κ2) is 12.1. The second-order valence-electron chi connectivity index (χ2n) is 9.53. The lowest BCUT2D eigenvalue weighted by Crippen LogP contribution is -2.49. The van der Waals surface area contributed by atoms with Crippen molar-refractivity contribution < 1.29 is 40.7 Å². The normalized spacial score (nSPS) is 20.4. The number of nitrogens with zero attached hydrogens (tertiary/aromatic N) is 4. The molecule has 1 aromatic carbocycles. The van der Waals surface area contributed by atoms with E-state index in [2.05, 4.69) is 4.98 Å². The Morgan fingerprint density at radius 2 is 1.62 bits per heavy atom. The molecular weight excluding hydrogens is 566 g/mol. The summed E-state index contributed by atoms with van der Waals surface area (Å²) < 4.78 is 89.5. The lowest BCUT2D eigenvalue weighted by molar-refractivity contribution is -0.388. The van der Waals surface area contributed by atoms with Gasteiger partial charge in [-0.25, -0.2) is 4.98 Å². The number of rotatable bonds is 7. The fourth-order valence-electron chi connectivity index (χ4n) is 4.72. The number of benzene rings is 1. The highest BCUT2D eigenvalue weighted by Gasteiger charge is 2.39. The average Bonchev–Trinajstić information content (AvgIpc) is 2.91. The van der Waals surface area contributed by atoms with Crippen molar-refractivity contribution in [3.05, 3.63) is 57.9 Å². The van der Waals surface area contributed by atoms with E-state index in [9.17, 15) is 36.5 Å². The van der Waals surface area contributed by atoms with Crippen LogP contribution in [0.15, 0.2) is 36.5 Å². The fraction of sp³-hybridized carbons (Fsp3) is 0.520. The van der Waals surface area contributed by atoms with Crippen LogP contribution in [-0.4, -0.2) is 64.8 Å². The predicted octanol–water partition coefficient (Wildman–Crippen LogP) is 5.88. The van der Waals surface area contributed by atoms with Crippen molar-refractivity contribution in [2.75, 3.05) is 37.7 Å². The van der Waals surface area contributed by atoms with Gasteiger partial charge in [0.25, 0.3) is 5.69 Å². The monoisotopic (exact) mass is 592 g/mol. The molecule has 1 aliphatic heterocycles. The van der Waals surface area contributed by atoms with Gasteiger partial charge in [-0.2, -0.15) is 26.3 Å². The van der Waals surface area contributed by atoms with Crippen molar-refractivity contribution in [2.24, 2.45) is 0 Å². The number of ether oxygens (including phenoxy) is 2. The number of nitro groups is 1. The van der Waals surface area contributed by atoms with Crippen molar-refractivity contribution in [1.29, 1.82) is 0 Å². The zero-order valence-electron chi connectivity index (χ0n) is 21.1. The fourth-order valence-corrected chi connectivity index (χ4v) is 4.97. The topological polar surface area (TPSA) is 81.0 Å². The van der Waals surface area contributed by atoms with Gasteiger partial charge in [0, 0.05) is 32.2 Å². The maximum Gasteiger partial charge on any atom is 0.433 e. The molecular formula is C25H26F6N4O4S. The van der Waals surface area contributed by atoms with Crippen LogP contribution in [0.4, 0.5) is 37.7 Å². The molecule has 2 aromatic rings. The molecule has 0 amide bonds. The van der Waals surface area contributed by atoms with Gasteiger partial charge in [0.2, 0.25) is 0 Å². The minimum atomic E-state index is -4.88. The van der Waals surface area contributed by atoms with Crippen molar-refractivity contribution in [2.45, 2.75) is 50.2 Å². The quantitative estimate of drug-likeness (QED) is 0.171. The minimum absolute atomic E-state index is 0.0744. The number of hydrogen-bond acceptors (Lipinski definition) is 7. The summed E-state index contributed by atoms with van der Waals surface area (Å²) in [4.78, 5) is 17.9. The van der Waals surface area contributed by atoms with Crippen LogP contribution in [0.1, 0.15) is 36.9 Å². The van der Waals surface area contributed by atoms with Gasteiger partial charge in [0.15, 0.2) is 0 Å². The Labute approximate surface area is 231 Å². The molecule has 1 saturated heterocycles. The highest BCUT2D eigenvalue weighted by molar-refractivity contribution is 7.80. The second-order valence-corrected chi connectivity index (χ2v) is 10.00. The van der Waals surface area contributed by atoms with Crippen molar-refractivity contribution in [3.63, 3.8) is 0 Å². The highest BCUT2D eigenvalue weighted by Crippen LogP contribution is 2.39. The molecule has 0 unspecified atom stereocenters. The Hall–Kier alpha value is -3.20. The van der Waals surface area contributed by atoms with Gasteiger partial charge in [-0.05, 0) is 49.9 Å². The number of anilines is 1. The minimum Gasteiger partial charge on any atom is -0.490 e. The van der Waals surface area contributed by atoms with Crippen LogP contribution in [0.5, 0.6) is 5.75 Å². The van der Waals surface area contributed by atoms with E-state index >= 15 is 0 Å². The molecule has 0 radical (unpaired) electrons. The molecule has 8 nitrogen and oxygen atoms in total. The maximum absolute atomic E-state index is 13.2. The summed E-state index contributed by atoms with van der Waals surface area (Å²) in [5.74, 6) is -0.0744. The number of alkyl halides is 6. The number of pyridine rings is 1. The number of aromatic nitrogens is 1. The summed E-state index contributed by atoms with van der Waals surface area (Å²) >= 11 is 5.52. The number of piperazine rings is 1. The molecule has 4 rings (SSSR count). The average molecular weight is 593 g/mol. The molecule has 2 heterocycles. The molecule has 2 fully saturated rings. The third-order valence-corrected chi connectivity index (χ3v) is 7.25. The summed E-state index contributed by atoms with van der Waals surface area (Å²) in [6.07, 6.45) is -6.28. The number of hydrogen-bond donors (Lipinski definition) is 0. The van der Waals surface area contributed by atoms with Gasteiger partial charge in [-0.3, -0.25) is 10.1 Å².